The Labute approximate surface area is 182 Å². The van der Waals surface area contributed by atoms with Crippen LogP contribution in [0, 0.1) is 17.8 Å². The molecule has 1 saturated carbocycles. The van der Waals surface area contributed by atoms with Crippen molar-refractivity contribution in [1.29, 1.82) is 0 Å². The summed E-state index contributed by atoms with van der Waals surface area (Å²) in [5.74, 6) is -0.625. The van der Waals surface area contributed by atoms with Crippen LogP contribution in [0.1, 0.15) is 55.4 Å². The van der Waals surface area contributed by atoms with Gasteiger partial charge in [-0.2, -0.15) is 0 Å². The number of hydrogen-bond acceptors (Lipinski definition) is 6. The number of rotatable bonds is 5. The van der Waals surface area contributed by atoms with Crippen molar-refractivity contribution >= 4 is 20.4 Å². The van der Waals surface area contributed by atoms with Gasteiger partial charge in [-0.1, -0.05) is 20.8 Å². The number of amides is 1. The van der Waals surface area contributed by atoms with Gasteiger partial charge in [-0.15, -0.1) is 0 Å². The van der Waals surface area contributed by atoms with E-state index in [1.165, 1.54) is 7.11 Å². The highest BCUT2D eigenvalue weighted by atomic mass is 28.4. The zero-order valence-corrected chi connectivity index (χ0v) is 21.6. The van der Waals surface area contributed by atoms with Crippen molar-refractivity contribution in [2.24, 2.45) is 17.8 Å². The molecule has 8 heteroatoms. The van der Waals surface area contributed by atoms with E-state index in [1.807, 2.05) is 34.6 Å². The quantitative estimate of drug-likeness (QED) is 0.463. The third-order valence-corrected chi connectivity index (χ3v) is 11.2. The predicted octanol–water partition coefficient (Wildman–Crippen LogP) is 4.42. The molecule has 2 aliphatic rings. The Balaban J connectivity index is 2.23. The molecule has 30 heavy (non-hydrogen) atoms. The lowest BCUT2D eigenvalue weighted by Crippen LogP contribution is -2.51. The van der Waals surface area contributed by atoms with Gasteiger partial charge in [0.05, 0.1) is 25.7 Å². The van der Waals surface area contributed by atoms with Gasteiger partial charge in [0.25, 0.3) is 0 Å². The van der Waals surface area contributed by atoms with E-state index >= 15 is 0 Å². The van der Waals surface area contributed by atoms with Crippen molar-refractivity contribution in [1.82, 2.24) is 4.90 Å². The molecular weight excluding hydrogens is 402 g/mol. The molecular formula is C22H41NO6Si. The Kier molecular flexibility index (Phi) is 6.78. The summed E-state index contributed by atoms with van der Waals surface area (Å²) in [4.78, 5) is 27.2. The van der Waals surface area contributed by atoms with Crippen molar-refractivity contribution in [2.45, 2.75) is 90.9 Å². The molecule has 2 rings (SSSR count). The maximum Gasteiger partial charge on any atom is 0.412 e. The minimum Gasteiger partial charge on any atom is -0.469 e. The smallest absolute Gasteiger partial charge is 0.412 e. The van der Waals surface area contributed by atoms with Crippen molar-refractivity contribution in [3.8, 4) is 0 Å². The summed E-state index contributed by atoms with van der Waals surface area (Å²) in [6.45, 7) is 21.1. The van der Waals surface area contributed by atoms with Crippen LogP contribution < -0.4 is 0 Å². The molecule has 0 radical (unpaired) electrons. The van der Waals surface area contributed by atoms with Crippen LogP contribution in [0.2, 0.25) is 18.1 Å². The van der Waals surface area contributed by atoms with Crippen LogP contribution in [0.5, 0.6) is 0 Å². The SMILES string of the molecule is COC(=O)[C@@H]1[C@H](CO[Si](C)(C)C(C)(C)C)[C@@H]1[C@H]1COC(C)(C)N1C(=O)OC(C)(C)C. The summed E-state index contributed by atoms with van der Waals surface area (Å²) >= 11 is 0. The van der Waals surface area contributed by atoms with Gasteiger partial charge in [-0.05, 0) is 52.8 Å². The monoisotopic (exact) mass is 443 g/mol. The zero-order chi connectivity index (χ0) is 23.3. The van der Waals surface area contributed by atoms with E-state index in [0.29, 0.717) is 13.2 Å². The third-order valence-electron chi connectivity index (χ3n) is 6.70. The topological polar surface area (TPSA) is 74.3 Å². The third kappa shape index (κ3) is 5.19. The first-order valence-corrected chi connectivity index (χ1v) is 13.7. The molecule has 4 atom stereocenters. The average molecular weight is 444 g/mol. The van der Waals surface area contributed by atoms with E-state index in [-0.39, 0.29) is 34.8 Å². The van der Waals surface area contributed by atoms with Crippen LogP contribution in [0.3, 0.4) is 0 Å². The number of carbonyl (C=O) groups is 2. The van der Waals surface area contributed by atoms with Gasteiger partial charge >= 0.3 is 12.1 Å². The van der Waals surface area contributed by atoms with E-state index in [9.17, 15) is 9.59 Å². The average Bonchev–Trinajstić information content (AvgIpc) is 3.18. The molecule has 1 saturated heterocycles. The minimum absolute atomic E-state index is 0.000915. The second-order valence-corrected chi connectivity index (χ2v) is 16.3. The number of methoxy groups -OCH3 is 1. The Morgan fingerprint density at radius 1 is 1.13 bits per heavy atom. The van der Waals surface area contributed by atoms with Gasteiger partial charge in [-0.25, -0.2) is 4.79 Å². The maximum absolute atomic E-state index is 13.0. The standard InChI is InChI=1S/C22H41NO6Si/c1-20(2,3)29-19(25)23-15(13-27-22(23,7)8)16-14(17(16)18(24)26-9)12-28-30(10,11)21(4,5)6/h14-17H,12-13H2,1-11H3/t14-,15-,16-,17-/m1/s1. The molecule has 0 bridgehead atoms. The van der Waals surface area contributed by atoms with Gasteiger partial charge in [0, 0.05) is 18.4 Å². The predicted molar refractivity (Wildman–Crippen MR) is 118 cm³/mol. The van der Waals surface area contributed by atoms with Crippen molar-refractivity contribution in [3.05, 3.63) is 0 Å². The van der Waals surface area contributed by atoms with E-state index in [2.05, 4.69) is 33.9 Å². The minimum atomic E-state index is -1.96. The lowest BCUT2D eigenvalue weighted by molar-refractivity contribution is -0.143. The highest BCUT2D eigenvalue weighted by molar-refractivity contribution is 6.74. The van der Waals surface area contributed by atoms with Gasteiger partial charge in [-0.3, -0.25) is 9.69 Å². The Bertz CT molecular complexity index is 664. The van der Waals surface area contributed by atoms with E-state index in [4.69, 9.17) is 18.6 Å². The lowest BCUT2D eigenvalue weighted by atomic mass is 10.1. The molecule has 1 heterocycles. The summed E-state index contributed by atoms with van der Waals surface area (Å²) in [6, 6.07) is -0.257. The summed E-state index contributed by atoms with van der Waals surface area (Å²) in [5.41, 5.74) is -1.42. The van der Waals surface area contributed by atoms with Gasteiger partial charge in [0.2, 0.25) is 0 Å². The molecule has 1 aliphatic carbocycles. The molecule has 0 aromatic rings. The van der Waals surface area contributed by atoms with Gasteiger partial charge in [0.1, 0.15) is 11.3 Å². The fourth-order valence-corrected chi connectivity index (χ4v) is 4.95. The molecule has 0 aromatic heterocycles. The highest BCUT2D eigenvalue weighted by Crippen LogP contribution is 2.54. The lowest BCUT2D eigenvalue weighted by Gasteiger charge is -2.36. The summed E-state index contributed by atoms with van der Waals surface area (Å²) in [7, 11) is -0.552. The van der Waals surface area contributed by atoms with Crippen molar-refractivity contribution in [3.63, 3.8) is 0 Å². The normalized spacial score (nSPS) is 29.0. The first kappa shape index (κ1) is 25.1. The van der Waals surface area contributed by atoms with Crippen LogP contribution in [-0.4, -0.2) is 63.0 Å². The number of carbonyl (C=O) groups excluding carboxylic acids is 2. The maximum atomic E-state index is 13.0. The largest absolute Gasteiger partial charge is 0.469 e. The van der Waals surface area contributed by atoms with Crippen LogP contribution in [0.25, 0.3) is 0 Å². The van der Waals surface area contributed by atoms with E-state index in [0.717, 1.165) is 0 Å². The molecule has 0 spiro atoms. The van der Waals surface area contributed by atoms with E-state index < -0.39 is 25.7 Å². The number of nitrogens with zero attached hydrogens (tertiary/aromatic N) is 1. The molecule has 0 N–H and O–H groups in total. The van der Waals surface area contributed by atoms with Gasteiger partial charge in [0.15, 0.2) is 8.32 Å². The summed E-state index contributed by atoms with van der Waals surface area (Å²) in [5, 5.41) is 0.0825. The Morgan fingerprint density at radius 3 is 2.17 bits per heavy atom. The summed E-state index contributed by atoms with van der Waals surface area (Å²) < 4.78 is 23.1. The van der Waals surface area contributed by atoms with Crippen molar-refractivity contribution in [2.75, 3.05) is 20.3 Å². The summed E-state index contributed by atoms with van der Waals surface area (Å²) in [6.07, 6.45) is -0.422. The Hall–Kier alpha value is -1.12. The fourth-order valence-electron chi connectivity index (χ4n) is 3.91. The number of ether oxygens (including phenoxy) is 3. The Morgan fingerprint density at radius 2 is 1.70 bits per heavy atom. The molecule has 0 unspecified atom stereocenters. The second kappa shape index (κ2) is 8.09. The molecule has 174 valence electrons. The van der Waals surface area contributed by atoms with Crippen LogP contribution in [-0.2, 0) is 23.4 Å². The first-order valence-electron chi connectivity index (χ1n) is 10.8. The number of hydrogen-bond donors (Lipinski definition) is 0. The van der Waals surface area contributed by atoms with E-state index in [1.54, 1.807) is 4.90 Å². The second-order valence-electron chi connectivity index (χ2n) is 11.5. The zero-order valence-electron chi connectivity index (χ0n) is 20.6. The van der Waals surface area contributed by atoms with Gasteiger partial charge < -0.3 is 18.6 Å². The molecule has 0 aromatic carbocycles. The molecule has 7 nitrogen and oxygen atoms in total. The van der Waals surface area contributed by atoms with Crippen LogP contribution in [0.4, 0.5) is 4.79 Å². The number of esters is 1. The van der Waals surface area contributed by atoms with Crippen LogP contribution in [0.15, 0.2) is 0 Å². The molecule has 1 aliphatic heterocycles. The fraction of sp³-hybridized carbons (Fsp3) is 0.909. The molecule has 1 amide bonds. The van der Waals surface area contributed by atoms with Crippen LogP contribution >= 0.6 is 0 Å². The highest BCUT2D eigenvalue weighted by Gasteiger charge is 2.64. The first-order chi connectivity index (χ1) is 13.4. The molecule has 2 fully saturated rings. The van der Waals surface area contributed by atoms with Crippen molar-refractivity contribution < 1.29 is 28.2 Å².